The third-order valence-electron chi connectivity index (χ3n) is 13.0. The summed E-state index contributed by atoms with van der Waals surface area (Å²) in [5, 5.41) is 4.48. The van der Waals surface area contributed by atoms with E-state index in [0.717, 1.165) is 25.7 Å². The molecule has 0 heterocycles. The summed E-state index contributed by atoms with van der Waals surface area (Å²) in [6, 6.07) is 67.3. The first kappa shape index (κ1) is 48.8. The fourth-order valence-corrected chi connectivity index (χ4v) is 18.9. The Morgan fingerprint density at radius 2 is 0.597 bits per heavy atom. The number of aryl methyl sites for hydroxylation is 2. The number of halogens is 3. The molecule has 0 aromatic heterocycles. The summed E-state index contributed by atoms with van der Waals surface area (Å²) in [4.78, 5) is 0. The minimum atomic E-state index is -3.10. The molecule has 0 aliphatic heterocycles. The topological polar surface area (TPSA) is 0 Å². The van der Waals surface area contributed by atoms with E-state index >= 15 is 0 Å². The molecule has 0 saturated heterocycles. The Balaban J connectivity index is 0.00000242. The zero-order valence-corrected chi connectivity index (χ0v) is 41.5. The van der Waals surface area contributed by atoms with Gasteiger partial charge in [-0.1, -0.05) is 0 Å². The van der Waals surface area contributed by atoms with Crippen LogP contribution in [0.2, 0.25) is 3.34 Å². The van der Waals surface area contributed by atoms with Crippen LogP contribution in [0, 0.1) is 13.8 Å². The summed E-state index contributed by atoms with van der Waals surface area (Å²) in [6.45, 7) is 14.3. The van der Waals surface area contributed by atoms with E-state index in [1.165, 1.54) is 93.5 Å². The Morgan fingerprint density at radius 3 is 0.871 bits per heavy atom. The predicted octanol–water partition coefficient (Wildman–Crippen LogP) is 3.08. The van der Waals surface area contributed by atoms with E-state index in [-0.39, 0.29) is 40.6 Å². The fourth-order valence-electron chi connectivity index (χ4n) is 10.0. The number of benzene rings is 7. The minimum absolute atomic E-state index is 0. The third kappa shape index (κ3) is 9.80. The van der Waals surface area contributed by atoms with Crippen molar-refractivity contribution in [3.8, 4) is 0 Å². The van der Waals surface area contributed by atoms with E-state index < -0.39 is 8.07 Å². The van der Waals surface area contributed by atoms with Crippen LogP contribution < -0.4 is 52.8 Å². The van der Waals surface area contributed by atoms with Crippen LogP contribution in [0.15, 0.2) is 198 Å². The molecule has 0 radical (unpaired) electrons. The molecule has 0 saturated carbocycles. The van der Waals surface area contributed by atoms with Crippen molar-refractivity contribution < 1.29 is 57.7 Å². The first-order valence-corrected chi connectivity index (χ1v) is 23.9. The summed E-state index contributed by atoms with van der Waals surface area (Å²) in [5.74, 6) is 0. The number of allylic oxidation sites excluding steroid dienone is 4. The monoisotopic (exact) mass is 920 g/mol. The van der Waals surface area contributed by atoms with Gasteiger partial charge in [0.15, 0.2) is 0 Å². The van der Waals surface area contributed by atoms with Gasteiger partial charge in [-0.2, -0.15) is 0 Å². The molecule has 0 atom stereocenters. The van der Waals surface area contributed by atoms with Crippen molar-refractivity contribution in [1.29, 1.82) is 0 Å². The van der Waals surface area contributed by atoms with Gasteiger partial charge in [0.05, 0.1) is 0 Å². The Morgan fingerprint density at radius 1 is 0.339 bits per heavy atom. The van der Waals surface area contributed by atoms with Crippen molar-refractivity contribution in [3.63, 3.8) is 0 Å². The number of rotatable bonds is 12. The summed E-state index contributed by atoms with van der Waals surface area (Å²) in [5.41, 5.74) is 19.4. The fraction of sp³-hybridized carbons (Fsp3) is 0.193. The molecule has 0 spiro atoms. The van der Waals surface area contributed by atoms with Gasteiger partial charge in [0.25, 0.3) is 0 Å². The zero-order chi connectivity index (χ0) is 41.1. The molecular formula is C57H55Cl3SiTi. The van der Waals surface area contributed by atoms with E-state index in [4.69, 9.17) is 0 Å². The molecule has 0 N–H and O–H groups in total. The third-order valence-corrected chi connectivity index (χ3v) is 21.3. The molecule has 312 valence electrons. The van der Waals surface area contributed by atoms with Crippen molar-refractivity contribution in [2.45, 2.75) is 70.6 Å². The van der Waals surface area contributed by atoms with E-state index in [2.05, 4.69) is 238 Å². The maximum atomic E-state index is 2.64. The van der Waals surface area contributed by atoms with E-state index in [0.29, 0.717) is 0 Å². The van der Waals surface area contributed by atoms with Crippen LogP contribution in [-0.2, 0) is 46.1 Å². The van der Waals surface area contributed by atoms with Crippen LogP contribution in [0.1, 0.15) is 83.3 Å². The molecule has 5 heteroatoms. The van der Waals surface area contributed by atoms with Gasteiger partial charge < -0.3 is 37.2 Å². The summed E-state index contributed by atoms with van der Waals surface area (Å²) in [6.07, 6.45) is 3.55. The smallest absolute Gasteiger partial charge is 1.00 e. The summed E-state index contributed by atoms with van der Waals surface area (Å²) >= 11 is 2.63. The first-order chi connectivity index (χ1) is 28.5. The van der Waals surface area contributed by atoms with Gasteiger partial charge in [0, 0.05) is 0 Å². The van der Waals surface area contributed by atoms with Crippen LogP contribution in [0.25, 0.3) is 0 Å². The molecule has 62 heavy (non-hydrogen) atoms. The van der Waals surface area contributed by atoms with Gasteiger partial charge >= 0.3 is 368 Å². The molecule has 0 nitrogen and oxygen atoms in total. The van der Waals surface area contributed by atoms with E-state index in [1.54, 1.807) is 0 Å². The largest absolute Gasteiger partial charge is 1.00 e. The number of hydrogen-bond donors (Lipinski definition) is 0. The molecular weight excluding hydrogens is 867 g/mol. The second-order valence-electron chi connectivity index (χ2n) is 17.1. The van der Waals surface area contributed by atoms with Crippen LogP contribution in [0.4, 0.5) is 0 Å². The molecule has 0 unspecified atom stereocenters. The Kier molecular flexibility index (Phi) is 16.5. The van der Waals surface area contributed by atoms with Crippen LogP contribution in [-0.4, -0.2) is 8.07 Å². The van der Waals surface area contributed by atoms with Crippen molar-refractivity contribution in [1.82, 2.24) is 0 Å². The van der Waals surface area contributed by atoms with Gasteiger partial charge in [0.2, 0.25) is 0 Å². The van der Waals surface area contributed by atoms with E-state index in [1.807, 2.05) is 0 Å². The van der Waals surface area contributed by atoms with Gasteiger partial charge in [-0.25, -0.2) is 0 Å². The average molecular weight is 922 g/mol. The SMILES string of the molecule is CC1=C(C)[C]([Ti+3])([Si](c2cc(C)cc(C)c2)(c2cc(Cc3ccccc3)cc(Cc3ccccc3)c2)c2cc(Cc3ccccc3)cc(Cc3ccccc3)c2)C(C)=C1C.[Cl-].[Cl-].[Cl-]. The average Bonchev–Trinajstić information content (AvgIpc) is 3.37. The van der Waals surface area contributed by atoms with Crippen molar-refractivity contribution in [2.24, 2.45) is 0 Å². The second-order valence-corrected chi connectivity index (χ2v) is 23.0. The van der Waals surface area contributed by atoms with E-state index in [9.17, 15) is 0 Å². The van der Waals surface area contributed by atoms with Gasteiger partial charge in [0.1, 0.15) is 0 Å². The first-order valence-electron chi connectivity index (χ1n) is 21.2. The zero-order valence-electron chi connectivity index (χ0n) is 36.7. The molecule has 7 aromatic carbocycles. The number of hydrogen-bond acceptors (Lipinski definition) is 0. The quantitative estimate of drug-likeness (QED) is 0.131. The maximum absolute atomic E-state index is 3.10. The molecule has 8 rings (SSSR count). The Labute approximate surface area is 402 Å². The van der Waals surface area contributed by atoms with Gasteiger partial charge in [-0.3, -0.25) is 0 Å². The second kappa shape index (κ2) is 21.0. The minimum Gasteiger partial charge on any atom is -1.00 e. The normalized spacial score (nSPS) is 13.3. The van der Waals surface area contributed by atoms with Gasteiger partial charge in [-0.15, -0.1) is 0 Å². The molecule has 7 aromatic rings. The maximum Gasteiger partial charge on any atom is -1.00 e. The molecule has 1 aliphatic carbocycles. The molecule has 1 aliphatic rings. The van der Waals surface area contributed by atoms with Crippen LogP contribution in [0.5, 0.6) is 0 Å². The summed E-state index contributed by atoms with van der Waals surface area (Å²) < 4.78 is -0.244. The predicted molar refractivity (Wildman–Crippen MR) is 250 cm³/mol. The Hall–Kier alpha value is -4.18. The summed E-state index contributed by atoms with van der Waals surface area (Å²) in [7, 11) is -3.10. The van der Waals surface area contributed by atoms with Gasteiger partial charge in [-0.05, 0) is 0 Å². The van der Waals surface area contributed by atoms with Crippen LogP contribution in [0.3, 0.4) is 0 Å². The molecule has 0 bridgehead atoms. The molecule has 0 fully saturated rings. The van der Waals surface area contributed by atoms with Crippen molar-refractivity contribution in [3.05, 3.63) is 254 Å². The Bertz CT molecular complexity index is 2380. The molecule has 0 amide bonds. The van der Waals surface area contributed by atoms with Crippen molar-refractivity contribution in [2.75, 3.05) is 0 Å². The standard InChI is InChI=1S/C57H55Si.3ClH.Ti/c1-40-27-41(2)29-54(28-40)58(57-44(5)42(3)43(4)45(57)6,55-36-50(30-46-19-11-7-12-20-46)34-51(37-55)31-47-21-13-8-14-22-47)56-38-52(32-48-23-15-9-16-24-48)35-53(39-56)33-49-25-17-10-18-26-49;;;;/h7-29,34-39H,30-33H2,1-6H3;3*1H;/q;;;;+3/p-3. The van der Waals surface area contributed by atoms with Crippen LogP contribution >= 0.6 is 0 Å². The van der Waals surface area contributed by atoms with Crippen molar-refractivity contribution >= 4 is 23.6 Å².